The van der Waals surface area contributed by atoms with Crippen molar-refractivity contribution in [1.29, 1.82) is 0 Å². The molecule has 1 aromatic rings. The van der Waals surface area contributed by atoms with Crippen molar-refractivity contribution in [2.75, 3.05) is 13.7 Å². The lowest BCUT2D eigenvalue weighted by molar-refractivity contribution is 0.247. The number of hydrogen-bond donors (Lipinski definition) is 1. The Hall–Kier alpha value is -1.36. The molecule has 5 heteroatoms. The first kappa shape index (κ1) is 10.2. The van der Waals surface area contributed by atoms with E-state index >= 15 is 0 Å². The SMILES string of the molecule is COc1cc2c(c(F)c1F)OCC[C@@H]2N. The van der Waals surface area contributed by atoms with Gasteiger partial charge in [-0.15, -0.1) is 0 Å². The van der Waals surface area contributed by atoms with Crippen LogP contribution in [-0.4, -0.2) is 13.7 Å². The lowest BCUT2D eigenvalue weighted by atomic mass is 10.0. The van der Waals surface area contributed by atoms with Crippen molar-refractivity contribution < 1.29 is 18.3 Å². The van der Waals surface area contributed by atoms with Crippen molar-refractivity contribution in [3.8, 4) is 11.5 Å². The van der Waals surface area contributed by atoms with Gasteiger partial charge in [0, 0.05) is 18.0 Å². The van der Waals surface area contributed by atoms with E-state index in [2.05, 4.69) is 0 Å². The van der Waals surface area contributed by atoms with Gasteiger partial charge >= 0.3 is 0 Å². The van der Waals surface area contributed by atoms with Gasteiger partial charge in [-0.1, -0.05) is 0 Å². The molecule has 0 bridgehead atoms. The minimum atomic E-state index is -1.04. The second-order valence-electron chi connectivity index (χ2n) is 3.37. The number of fused-ring (bicyclic) bond motifs is 1. The highest BCUT2D eigenvalue weighted by atomic mass is 19.2. The predicted octanol–water partition coefficient (Wildman–Crippen LogP) is 1.76. The first-order valence-corrected chi connectivity index (χ1v) is 4.59. The average molecular weight is 215 g/mol. The van der Waals surface area contributed by atoms with Crippen LogP contribution in [0.2, 0.25) is 0 Å². The molecule has 2 N–H and O–H groups in total. The molecule has 0 unspecified atom stereocenters. The summed E-state index contributed by atoms with van der Waals surface area (Å²) < 4.78 is 36.5. The lowest BCUT2D eigenvalue weighted by Crippen LogP contribution is -2.22. The van der Waals surface area contributed by atoms with Crippen LogP contribution >= 0.6 is 0 Å². The summed E-state index contributed by atoms with van der Waals surface area (Å²) in [5, 5.41) is 0. The zero-order valence-corrected chi connectivity index (χ0v) is 8.22. The molecule has 0 saturated carbocycles. The third-order valence-electron chi connectivity index (χ3n) is 2.45. The van der Waals surface area contributed by atoms with E-state index in [1.54, 1.807) is 0 Å². The highest BCUT2D eigenvalue weighted by Crippen LogP contribution is 2.38. The monoisotopic (exact) mass is 215 g/mol. The summed E-state index contributed by atoms with van der Waals surface area (Å²) in [7, 11) is 1.28. The third-order valence-corrected chi connectivity index (χ3v) is 2.45. The minimum absolute atomic E-state index is 0.0907. The first-order valence-electron chi connectivity index (χ1n) is 4.59. The van der Waals surface area contributed by atoms with E-state index in [9.17, 15) is 8.78 Å². The Morgan fingerprint density at radius 1 is 1.47 bits per heavy atom. The molecule has 3 nitrogen and oxygen atoms in total. The fourth-order valence-electron chi connectivity index (χ4n) is 1.62. The van der Waals surface area contributed by atoms with Crippen molar-refractivity contribution in [3.63, 3.8) is 0 Å². The molecule has 0 aromatic heterocycles. The van der Waals surface area contributed by atoms with Crippen LogP contribution < -0.4 is 15.2 Å². The van der Waals surface area contributed by atoms with Gasteiger partial charge in [-0.25, -0.2) is 0 Å². The minimum Gasteiger partial charge on any atom is -0.494 e. The van der Waals surface area contributed by atoms with Crippen LogP contribution in [0.1, 0.15) is 18.0 Å². The molecule has 2 rings (SSSR count). The molecule has 82 valence electrons. The second kappa shape index (κ2) is 3.66. The van der Waals surface area contributed by atoms with Crippen LogP contribution in [0.15, 0.2) is 6.07 Å². The van der Waals surface area contributed by atoms with E-state index < -0.39 is 11.6 Å². The normalized spacial score (nSPS) is 19.3. The molecule has 0 amide bonds. The Morgan fingerprint density at radius 2 is 2.20 bits per heavy atom. The topological polar surface area (TPSA) is 44.5 Å². The molecule has 0 fully saturated rings. The van der Waals surface area contributed by atoms with Crippen molar-refractivity contribution in [2.45, 2.75) is 12.5 Å². The van der Waals surface area contributed by atoms with Crippen LogP contribution in [0.5, 0.6) is 11.5 Å². The van der Waals surface area contributed by atoms with Gasteiger partial charge in [-0.2, -0.15) is 8.78 Å². The van der Waals surface area contributed by atoms with Crippen LogP contribution in [0.4, 0.5) is 8.78 Å². The van der Waals surface area contributed by atoms with Crippen molar-refractivity contribution in [1.82, 2.24) is 0 Å². The lowest BCUT2D eigenvalue weighted by Gasteiger charge is -2.24. The van der Waals surface area contributed by atoms with E-state index in [0.29, 0.717) is 18.6 Å². The Balaban J connectivity index is 2.61. The second-order valence-corrected chi connectivity index (χ2v) is 3.37. The maximum Gasteiger partial charge on any atom is 0.204 e. The van der Waals surface area contributed by atoms with Crippen LogP contribution in [0.25, 0.3) is 0 Å². The number of ether oxygens (including phenoxy) is 2. The van der Waals surface area contributed by atoms with E-state index in [0.717, 1.165) is 0 Å². The molecule has 15 heavy (non-hydrogen) atoms. The fraction of sp³-hybridized carbons (Fsp3) is 0.400. The smallest absolute Gasteiger partial charge is 0.204 e. The summed E-state index contributed by atoms with van der Waals surface area (Å²) >= 11 is 0. The summed E-state index contributed by atoms with van der Waals surface area (Å²) in [6, 6.07) is 1.05. The van der Waals surface area contributed by atoms with Gasteiger partial charge in [0.15, 0.2) is 11.5 Å². The van der Waals surface area contributed by atoms with Crippen molar-refractivity contribution >= 4 is 0 Å². The van der Waals surface area contributed by atoms with Gasteiger partial charge in [-0.3, -0.25) is 0 Å². The largest absolute Gasteiger partial charge is 0.494 e. The van der Waals surface area contributed by atoms with Gasteiger partial charge in [0.25, 0.3) is 0 Å². The molecule has 1 atom stereocenters. The maximum absolute atomic E-state index is 13.5. The summed E-state index contributed by atoms with van der Waals surface area (Å²) in [5.41, 5.74) is 6.22. The van der Waals surface area contributed by atoms with Crippen LogP contribution in [0.3, 0.4) is 0 Å². The summed E-state index contributed by atoms with van der Waals surface area (Å²) in [4.78, 5) is 0. The fourth-order valence-corrected chi connectivity index (χ4v) is 1.62. The number of halogens is 2. The highest BCUT2D eigenvalue weighted by Gasteiger charge is 2.26. The van der Waals surface area contributed by atoms with E-state index in [1.807, 2.05) is 0 Å². The number of methoxy groups -OCH3 is 1. The van der Waals surface area contributed by atoms with Gasteiger partial charge in [0.05, 0.1) is 13.7 Å². The Bertz CT molecular complexity index is 395. The molecule has 1 aromatic carbocycles. The average Bonchev–Trinajstić information content (AvgIpc) is 2.24. The van der Waals surface area contributed by atoms with E-state index in [-0.39, 0.29) is 17.5 Å². The quantitative estimate of drug-likeness (QED) is 0.776. The molecule has 0 aliphatic carbocycles. The molecule has 1 aliphatic heterocycles. The Morgan fingerprint density at radius 3 is 2.87 bits per heavy atom. The maximum atomic E-state index is 13.5. The third kappa shape index (κ3) is 1.52. The predicted molar refractivity (Wildman–Crippen MR) is 50.0 cm³/mol. The molecule has 1 aliphatic rings. The Kier molecular flexibility index (Phi) is 2.48. The number of benzene rings is 1. The van der Waals surface area contributed by atoms with Crippen molar-refractivity contribution in [2.24, 2.45) is 5.73 Å². The number of rotatable bonds is 1. The van der Waals surface area contributed by atoms with Gasteiger partial charge < -0.3 is 15.2 Å². The standard InChI is InChI=1S/C10H11F2NO2/c1-14-7-4-5-6(13)2-3-15-10(5)9(12)8(7)11/h4,6H,2-3,13H2,1H3/t6-/m0/s1. The molecular weight excluding hydrogens is 204 g/mol. The molecule has 0 saturated heterocycles. The van der Waals surface area contributed by atoms with Gasteiger partial charge in [0.2, 0.25) is 11.6 Å². The first-order chi connectivity index (χ1) is 7.15. The summed E-state index contributed by atoms with van der Waals surface area (Å²) in [6.45, 7) is 0.302. The van der Waals surface area contributed by atoms with E-state index in [4.69, 9.17) is 15.2 Å². The van der Waals surface area contributed by atoms with Crippen molar-refractivity contribution in [3.05, 3.63) is 23.3 Å². The zero-order valence-electron chi connectivity index (χ0n) is 8.22. The molecule has 1 heterocycles. The van der Waals surface area contributed by atoms with E-state index in [1.165, 1.54) is 13.2 Å². The number of hydrogen-bond acceptors (Lipinski definition) is 3. The summed E-state index contributed by atoms with van der Waals surface area (Å²) in [6.07, 6.45) is 0.585. The number of nitrogens with two attached hydrogens (primary N) is 1. The molecule has 0 radical (unpaired) electrons. The van der Waals surface area contributed by atoms with Crippen LogP contribution in [0, 0.1) is 11.6 Å². The van der Waals surface area contributed by atoms with Crippen LogP contribution in [-0.2, 0) is 0 Å². The summed E-state index contributed by atoms with van der Waals surface area (Å²) in [5.74, 6) is -2.30. The Labute approximate surface area is 85.8 Å². The van der Waals surface area contributed by atoms with Gasteiger partial charge in [-0.05, 0) is 6.07 Å². The molecule has 0 spiro atoms. The highest BCUT2D eigenvalue weighted by molar-refractivity contribution is 5.45. The van der Waals surface area contributed by atoms with Gasteiger partial charge in [0.1, 0.15) is 0 Å². The zero-order chi connectivity index (χ0) is 11.0. The molecular formula is C10H11F2NO2.